The number of halogens is 1. The highest BCUT2D eigenvalue weighted by atomic mass is 35.5. The molecule has 4 rings (SSSR count). The van der Waals surface area contributed by atoms with Crippen LogP contribution in [0.25, 0.3) is 10.2 Å². The molecule has 4 aromatic rings. The SMILES string of the molecule is COc1cccc(C(=O)N(Cc2ccccn2)c2nc3c(C)ccc(Cl)c3s2)c1OC. The number of hydrogen-bond acceptors (Lipinski definition) is 6. The second-order valence-electron chi connectivity index (χ2n) is 6.79. The van der Waals surface area contributed by atoms with E-state index in [9.17, 15) is 4.79 Å². The largest absolute Gasteiger partial charge is 0.493 e. The lowest BCUT2D eigenvalue weighted by molar-refractivity contribution is 0.0981. The van der Waals surface area contributed by atoms with Gasteiger partial charge in [0.1, 0.15) is 0 Å². The Hall–Kier alpha value is -3.16. The van der Waals surface area contributed by atoms with Crippen LogP contribution in [0.1, 0.15) is 21.6 Å². The van der Waals surface area contributed by atoms with E-state index >= 15 is 0 Å². The summed E-state index contributed by atoms with van der Waals surface area (Å²) in [6.45, 7) is 2.22. The van der Waals surface area contributed by atoms with Crippen molar-refractivity contribution >= 4 is 44.2 Å². The Morgan fingerprint density at radius 1 is 1.10 bits per heavy atom. The molecule has 1 amide bonds. The van der Waals surface area contributed by atoms with Gasteiger partial charge in [-0.15, -0.1) is 0 Å². The Bertz CT molecular complexity index is 1200. The number of pyridine rings is 1. The van der Waals surface area contributed by atoms with Gasteiger partial charge >= 0.3 is 0 Å². The van der Waals surface area contributed by atoms with Crippen LogP contribution < -0.4 is 14.4 Å². The van der Waals surface area contributed by atoms with E-state index < -0.39 is 0 Å². The molecule has 6 nitrogen and oxygen atoms in total. The van der Waals surface area contributed by atoms with Crippen molar-refractivity contribution in [2.75, 3.05) is 19.1 Å². The molecule has 2 heterocycles. The van der Waals surface area contributed by atoms with Crippen LogP contribution in [0.4, 0.5) is 5.13 Å². The topological polar surface area (TPSA) is 64.5 Å². The van der Waals surface area contributed by atoms with E-state index in [0.717, 1.165) is 21.5 Å². The van der Waals surface area contributed by atoms with Crippen LogP contribution in [0.2, 0.25) is 5.02 Å². The van der Waals surface area contributed by atoms with Crippen molar-refractivity contribution in [1.82, 2.24) is 9.97 Å². The van der Waals surface area contributed by atoms with Gasteiger partial charge in [0.15, 0.2) is 16.6 Å². The van der Waals surface area contributed by atoms with Crippen molar-refractivity contribution in [1.29, 1.82) is 0 Å². The van der Waals surface area contributed by atoms with E-state index in [4.69, 9.17) is 26.1 Å². The molecule has 0 aliphatic heterocycles. The third-order valence-electron chi connectivity index (χ3n) is 4.84. The highest BCUT2D eigenvalue weighted by molar-refractivity contribution is 7.23. The predicted octanol–water partition coefficient (Wildman–Crippen LogP) is 5.52. The van der Waals surface area contributed by atoms with E-state index in [1.54, 1.807) is 29.3 Å². The molecule has 31 heavy (non-hydrogen) atoms. The second-order valence-corrected chi connectivity index (χ2v) is 8.18. The van der Waals surface area contributed by atoms with Gasteiger partial charge in [-0.25, -0.2) is 4.98 Å². The number of para-hydroxylation sites is 1. The predicted molar refractivity (Wildman–Crippen MR) is 124 cm³/mol. The first-order valence-corrected chi connectivity index (χ1v) is 10.7. The lowest BCUT2D eigenvalue weighted by atomic mass is 10.1. The van der Waals surface area contributed by atoms with Crippen LogP contribution in [-0.2, 0) is 6.54 Å². The van der Waals surface area contributed by atoms with Crippen molar-refractivity contribution in [3.05, 3.63) is 76.6 Å². The van der Waals surface area contributed by atoms with E-state index in [1.165, 1.54) is 25.6 Å². The molecule has 0 saturated heterocycles. The van der Waals surface area contributed by atoms with E-state index in [-0.39, 0.29) is 12.5 Å². The normalized spacial score (nSPS) is 10.8. The number of rotatable bonds is 6. The Balaban J connectivity index is 1.85. The van der Waals surface area contributed by atoms with Gasteiger partial charge in [-0.2, -0.15) is 0 Å². The second kappa shape index (κ2) is 8.91. The summed E-state index contributed by atoms with van der Waals surface area (Å²) in [5.74, 6) is 0.583. The molecule has 2 aromatic carbocycles. The Morgan fingerprint density at radius 2 is 1.94 bits per heavy atom. The maximum absolute atomic E-state index is 13.7. The lowest BCUT2D eigenvalue weighted by Gasteiger charge is -2.21. The summed E-state index contributed by atoms with van der Waals surface area (Å²) in [7, 11) is 3.05. The van der Waals surface area contributed by atoms with Crippen LogP contribution in [0.3, 0.4) is 0 Å². The molecule has 0 atom stereocenters. The quantitative estimate of drug-likeness (QED) is 0.384. The number of methoxy groups -OCH3 is 2. The number of amides is 1. The number of ether oxygens (including phenoxy) is 2. The Kier molecular flexibility index (Phi) is 6.06. The molecular formula is C23H20ClN3O3S. The van der Waals surface area contributed by atoms with Gasteiger partial charge in [-0.05, 0) is 42.8 Å². The zero-order chi connectivity index (χ0) is 22.0. The highest BCUT2D eigenvalue weighted by Gasteiger charge is 2.27. The van der Waals surface area contributed by atoms with Crippen LogP contribution >= 0.6 is 22.9 Å². The summed E-state index contributed by atoms with van der Waals surface area (Å²) >= 11 is 7.78. The van der Waals surface area contributed by atoms with Crippen molar-refractivity contribution in [3.8, 4) is 11.5 Å². The minimum absolute atomic E-state index is 0.247. The highest BCUT2D eigenvalue weighted by Crippen LogP contribution is 2.38. The van der Waals surface area contributed by atoms with Crippen LogP contribution in [0, 0.1) is 6.92 Å². The number of benzene rings is 2. The minimum Gasteiger partial charge on any atom is -0.493 e. The van der Waals surface area contributed by atoms with Gasteiger partial charge in [0.25, 0.3) is 5.91 Å². The van der Waals surface area contributed by atoms with Crippen molar-refractivity contribution in [2.24, 2.45) is 0 Å². The lowest BCUT2D eigenvalue weighted by Crippen LogP contribution is -2.31. The summed E-state index contributed by atoms with van der Waals surface area (Å²) in [5.41, 5.74) is 2.88. The monoisotopic (exact) mass is 453 g/mol. The minimum atomic E-state index is -0.269. The molecule has 0 unspecified atom stereocenters. The van der Waals surface area contributed by atoms with Crippen molar-refractivity contribution in [2.45, 2.75) is 13.5 Å². The number of anilines is 1. The molecule has 0 N–H and O–H groups in total. The van der Waals surface area contributed by atoms with Gasteiger partial charge in [-0.1, -0.05) is 41.1 Å². The molecule has 0 saturated carbocycles. The first-order chi connectivity index (χ1) is 15.0. The molecule has 0 radical (unpaired) electrons. The van der Waals surface area contributed by atoms with Gasteiger partial charge in [-0.3, -0.25) is 14.7 Å². The number of hydrogen-bond donors (Lipinski definition) is 0. The van der Waals surface area contributed by atoms with Crippen LogP contribution in [-0.4, -0.2) is 30.1 Å². The summed E-state index contributed by atoms with van der Waals surface area (Å²) in [4.78, 5) is 24.5. The molecule has 0 fully saturated rings. The summed E-state index contributed by atoms with van der Waals surface area (Å²) in [6.07, 6.45) is 1.70. The molecule has 0 spiro atoms. The molecule has 0 aliphatic carbocycles. The average Bonchev–Trinajstić information content (AvgIpc) is 3.26. The number of fused-ring (bicyclic) bond motifs is 1. The van der Waals surface area contributed by atoms with Crippen molar-refractivity contribution in [3.63, 3.8) is 0 Å². The Morgan fingerprint density at radius 3 is 2.61 bits per heavy atom. The Labute approximate surface area is 189 Å². The molecule has 0 bridgehead atoms. The summed E-state index contributed by atoms with van der Waals surface area (Å²) < 4.78 is 11.7. The van der Waals surface area contributed by atoms with Gasteiger partial charge in [0.2, 0.25) is 0 Å². The maximum atomic E-state index is 13.7. The standard InChI is InChI=1S/C23H20ClN3O3S/c1-14-10-11-17(24)21-19(14)26-23(31-21)27(13-15-7-4-5-12-25-15)22(28)16-8-6-9-18(29-2)20(16)30-3/h4-12H,13H2,1-3H3. The smallest absolute Gasteiger partial charge is 0.264 e. The summed E-state index contributed by atoms with van der Waals surface area (Å²) in [5, 5.41) is 1.14. The molecule has 8 heteroatoms. The van der Waals surface area contributed by atoms with Gasteiger partial charge < -0.3 is 9.47 Å². The fraction of sp³-hybridized carbons (Fsp3) is 0.174. The zero-order valence-electron chi connectivity index (χ0n) is 17.3. The fourth-order valence-electron chi connectivity index (χ4n) is 3.29. The molecular weight excluding hydrogens is 434 g/mol. The van der Waals surface area contributed by atoms with Gasteiger partial charge in [0, 0.05) is 6.20 Å². The van der Waals surface area contributed by atoms with Crippen molar-refractivity contribution < 1.29 is 14.3 Å². The number of aromatic nitrogens is 2. The molecule has 158 valence electrons. The maximum Gasteiger partial charge on any atom is 0.264 e. The molecule has 2 aromatic heterocycles. The third kappa shape index (κ3) is 4.06. The first-order valence-electron chi connectivity index (χ1n) is 9.52. The number of nitrogens with zero attached hydrogens (tertiary/aromatic N) is 3. The average molecular weight is 454 g/mol. The van der Waals surface area contributed by atoms with E-state index in [1.807, 2.05) is 37.3 Å². The van der Waals surface area contributed by atoms with E-state index in [0.29, 0.717) is 27.2 Å². The number of thiazole rings is 1. The number of carbonyl (C=O) groups excluding carboxylic acids is 1. The fourth-order valence-corrected chi connectivity index (χ4v) is 4.60. The van der Waals surface area contributed by atoms with Crippen LogP contribution in [0.15, 0.2) is 54.7 Å². The van der Waals surface area contributed by atoms with Crippen LogP contribution in [0.5, 0.6) is 11.5 Å². The zero-order valence-corrected chi connectivity index (χ0v) is 18.8. The number of aryl methyl sites for hydroxylation is 1. The first kappa shape index (κ1) is 21.1. The third-order valence-corrected chi connectivity index (χ3v) is 6.38. The summed E-state index contributed by atoms with van der Waals surface area (Å²) in [6, 6.07) is 14.6. The molecule has 0 aliphatic rings. The number of carbonyl (C=O) groups is 1. The van der Waals surface area contributed by atoms with E-state index in [2.05, 4.69) is 4.98 Å². The van der Waals surface area contributed by atoms with Gasteiger partial charge in [0.05, 0.1) is 47.3 Å².